The Labute approximate surface area is 123 Å². The summed E-state index contributed by atoms with van der Waals surface area (Å²) in [5.74, 6) is -1.19. The van der Waals surface area contributed by atoms with Crippen molar-refractivity contribution in [3.8, 4) is 0 Å². The molecule has 1 aromatic carbocycles. The summed E-state index contributed by atoms with van der Waals surface area (Å²) in [6, 6.07) is 8.41. The van der Waals surface area contributed by atoms with Crippen LogP contribution in [0.1, 0.15) is 19.4 Å². The summed E-state index contributed by atoms with van der Waals surface area (Å²) in [4.78, 5) is 34.7. The van der Waals surface area contributed by atoms with Gasteiger partial charge in [0, 0.05) is 14.0 Å². The average Bonchev–Trinajstić information content (AvgIpc) is 2.46. The highest BCUT2D eigenvalue weighted by atomic mass is 16.2. The molecule has 0 aliphatic rings. The summed E-state index contributed by atoms with van der Waals surface area (Å²) in [5, 5.41) is 7.44. The van der Waals surface area contributed by atoms with Gasteiger partial charge in [0.25, 0.3) is 5.91 Å². The molecule has 0 radical (unpaired) electrons. The molecule has 1 aromatic rings. The van der Waals surface area contributed by atoms with Crippen LogP contribution >= 0.6 is 0 Å². The molecule has 1 atom stereocenters. The predicted octanol–water partition coefficient (Wildman–Crippen LogP) is 0.414. The number of hydrogen-bond acceptors (Lipinski definition) is 3. The second-order valence-corrected chi connectivity index (χ2v) is 4.46. The summed E-state index contributed by atoms with van der Waals surface area (Å²) in [6.45, 7) is 2.87. The van der Waals surface area contributed by atoms with Crippen LogP contribution in [0.4, 0.5) is 0 Å². The summed E-state index contributed by atoms with van der Waals surface area (Å²) in [7, 11) is 1.48. The van der Waals surface area contributed by atoms with Crippen molar-refractivity contribution in [1.29, 1.82) is 0 Å². The average molecular weight is 289 g/mol. The molecule has 0 heterocycles. The standard InChI is InChI=1S/C15H19N3O3/c1-10(17-11(2)19)14(20)18-13(15(21)16-3)9-12-7-5-4-6-8-12/h4-10H,1-3H3,(H,16,21)(H,17,19)(H,18,20)/b13-9-/t10-/m0/s1. The van der Waals surface area contributed by atoms with Crippen LogP contribution in [0.5, 0.6) is 0 Å². The third-order valence-corrected chi connectivity index (χ3v) is 2.65. The third kappa shape index (κ3) is 5.48. The largest absolute Gasteiger partial charge is 0.354 e. The van der Waals surface area contributed by atoms with E-state index in [-0.39, 0.29) is 11.6 Å². The van der Waals surface area contributed by atoms with Crippen molar-refractivity contribution in [3.63, 3.8) is 0 Å². The lowest BCUT2D eigenvalue weighted by atomic mass is 10.2. The molecule has 0 fully saturated rings. The molecule has 0 unspecified atom stereocenters. The van der Waals surface area contributed by atoms with Gasteiger partial charge in [0.1, 0.15) is 11.7 Å². The van der Waals surface area contributed by atoms with Crippen molar-refractivity contribution in [2.24, 2.45) is 0 Å². The summed E-state index contributed by atoms with van der Waals surface area (Å²) in [5.41, 5.74) is 0.898. The lowest BCUT2D eigenvalue weighted by molar-refractivity contribution is -0.128. The van der Waals surface area contributed by atoms with E-state index in [9.17, 15) is 14.4 Å². The Morgan fingerprint density at radius 3 is 2.29 bits per heavy atom. The number of benzene rings is 1. The van der Waals surface area contributed by atoms with Crippen LogP contribution in [0.25, 0.3) is 6.08 Å². The van der Waals surface area contributed by atoms with E-state index in [1.165, 1.54) is 14.0 Å². The van der Waals surface area contributed by atoms with Crippen LogP contribution in [0.3, 0.4) is 0 Å². The normalized spacial score (nSPS) is 12.2. The molecule has 3 N–H and O–H groups in total. The molecule has 0 spiro atoms. The fourth-order valence-electron chi connectivity index (χ4n) is 1.62. The van der Waals surface area contributed by atoms with Gasteiger partial charge in [-0.05, 0) is 18.6 Å². The van der Waals surface area contributed by atoms with Crippen molar-refractivity contribution < 1.29 is 14.4 Å². The van der Waals surface area contributed by atoms with E-state index < -0.39 is 17.9 Å². The van der Waals surface area contributed by atoms with E-state index >= 15 is 0 Å². The lowest BCUT2D eigenvalue weighted by Crippen LogP contribution is -2.45. The highest BCUT2D eigenvalue weighted by molar-refractivity contribution is 6.02. The zero-order chi connectivity index (χ0) is 15.8. The molecule has 0 aliphatic carbocycles. The molecule has 1 rings (SSSR count). The molecule has 112 valence electrons. The molecule has 3 amide bonds. The van der Waals surface area contributed by atoms with Crippen LogP contribution < -0.4 is 16.0 Å². The van der Waals surface area contributed by atoms with Crippen molar-refractivity contribution in [2.75, 3.05) is 7.05 Å². The van der Waals surface area contributed by atoms with Crippen LogP contribution in [0.15, 0.2) is 36.0 Å². The first-order valence-electron chi connectivity index (χ1n) is 6.51. The van der Waals surface area contributed by atoms with Gasteiger partial charge in [0.15, 0.2) is 0 Å². The molecule has 0 aromatic heterocycles. The second-order valence-electron chi connectivity index (χ2n) is 4.46. The van der Waals surface area contributed by atoms with Gasteiger partial charge in [-0.1, -0.05) is 30.3 Å². The van der Waals surface area contributed by atoms with E-state index in [1.807, 2.05) is 30.3 Å². The maximum absolute atomic E-state index is 12.0. The van der Waals surface area contributed by atoms with E-state index in [4.69, 9.17) is 0 Å². The molecule has 0 saturated heterocycles. The first-order valence-corrected chi connectivity index (χ1v) is 6.51. The van der Waals surface area contributed by atoms with E-state index in [0.29, 0.717) is 0 Å². The minimum atomic E-state index is -0.730. The third-order valence-electron chi connectivity index (χ3n) is 2.65. The number of nitrogens with one attached hydrogen (secondary N) is 3. The topological polar surface area (TPSA) is 87.3 Å². The lowest BCUT2D eigenvalue weighted by Gasteiger charge is -2.14. The Kier molecular flexibility index (Phi) is 6.13. The van der Waals surface area contributed by atoms with E-state index in [0.717, 1.165) is 5.56 Å². The Hall–Kier alpha value is -2.63. The van der Waals surface area contributed by atoms with Gasteiger partial charge in [0.2, 0.25) is 11.8 Å². The Balaban J connectivity index is 2.90. The van der Waals surface area contributed by atoms with Crippen molar-refractivity contribution in [1.82, 2.24) is 16.0 Å². The molecule has 0 saturated carbocycles. The zero-order valence-electron chi connectivity index (χ0n) is 12.3. The molecule has 0 aliphatic heterocycles. The van der Waals surface area contributed by atoms with E-state index in [2.05, 4.69) is 16.0 Å². The number of amides is 3. The fraction of sp³-hybridized carbons (Fsp3) is 0.267. The number of carbonyl (C=O) groups excluding carboxylic acids is 3. The molecule has 6 nitrogen and oxygen atoms in total. The first-order chi connectivity index (χ1) is 9.93. The van der Waals surface area contributed by atoms with Crippen molar-refractivity contribution in [2.45, 2.75) is 19.9 Å². The maximum Gasteiger partial charge on any atom is 0.267 e. The molecule has 6 heteroatoms. The van der Waals surface area contributed by atoms with Gasteiger partial charge in [-0.25, -0.2) is 0 Å². The monoisotopic (exact) mass is 289 g/mol. The minimum absolute atomic E-state index is 0.117. The van der Waals surface area contributed by atoms with Crippen LogP contribution in [0.2, 0.25) is 0 Å². The van der Waals surface area contributed by atoms with Gasteiger partial charge in [-0.15, -0.1) is 0 Å². The fourth-order valence-corrected chi connectivity index (χ4v) is 1.62. The zero-order valence-corrected chi connectivity index (χ0v) is 12.3. The summed E-state index contributed by atoms with van der Waals surface area (Å²) >= 11 is 0. The van der Waals surface area contributed by atoms with E-state index in [1.54, 1.807) is 13.0 Å². The molecule has 0 bridgehead atoms. The van der Waals surface area contributed by atoms with Gasteiger partial charge in [-0.3, -0.25) is 14.4 Å². The number of rotatable bonds is 5. The number of hydrogen-bond donors (Lipinski definition) is 3. The highest BCUT2D eigenvalue weighted by Crippen LogP contribution is 2.05. The van der Waals surface area contributed by atoms with Gasteiger partial charge in [0.05, 0.1) is 0 Å². The molecular formula is C15H19N3O3. The van der Waals surface area contributed by atoms with Crippen LogP contribution in [-0.2, 0) is 14.4 Å². The molecule has 21 heavy (non-hydrogen) atoms. The quantitative estimate of drug-likeness (QED) is 0.686. The number of likely N-dealkylation sites (N-methyl/N-ethyl adjacent to an activating group) is 1. The van der Waals surface area contributed by atoms with Crippen LogP contribution in [0, 0.1) is 0 Å². The SMILES string of the molecule is CNC(=O)/C(=C/c1ccccc1)NC(=O)[C@H](C)NC(C)=O. The second kappa shape index (κ2) is 7.84. The van der Waals surface area contributed by atoms with Gasteiger partial charge in [-0.2, -0.15) is 0 Å². The van der Waals surface area contributed by atoms with Gasteiger partial charge >= 0.3 is 0 Å². The smallest absolute Gasteiger partial charge is 0.267 e. The first kappa shape index (κ1) is 16.4. The summed E-state index contributed by atoms with van der Waals surface area (Å²) < 4.78 is 0. The number of carbonyl (C=O) groups is 3. The predicted molar refractivity (Wildman–Crippen MR) is 79.9 cm³/mol. The Bertz CT molecular complexity index is 553. The van der Waals surface area contributed by atoms with Crippen molar-refractivity contribution >= 4 is 23.8 Å². The Morgan fingerprint density at radius 1 is 1.14 bits per heavy atom. The maximum atomic E-state index is 12.0. The summed E-state index contributed by atoms with van der Waals surface area (Å²) in [6.07, 6.45) is 1.57. The minimum Gasteiger partial charge on any atom is -0.354 e. The van der Waals surface area contributed by atoms with Gasteiger partial charge < -0.3 is 16.0 Å². The highest BCUT2D eigenvalue weighted by Gasteiger charge is 2.17. The van der Waals surface area contributed by atoms with Crippen molar-refractivity contribution in [3.05, 3.63) is 41.6 Å². The Morgan fingerprint density at radius 2 is 1.76 bits per heavy atom. The molecular weight excluding hydrogens is 270 g/mol. The van der Waals surface area contributed by atoms with Crippen LogP contribution in [-0.4, -0.2) is 30.8 Å².